The van der Waals surface area contributed by atoms with Crippen LogP contribution in [0.25, 0.3) is 0 Å². The quantitative estimate of drug-likeness (QED) is 0.817. The van der Waals surface area contributed by atoms with Crippen LogP contribution in [-0.4, -0.2) is 40.9 Å². The van der Waals surface area contributed by atoms with Crippen molar-refractivity contribution in [2.24, 2.45) is 0 Å². The molecule has 2 heterocycles. The molecule has 1 aliphatic rings. The number of hydrogen-bond acceptors (Lipinski definition) is 6. The van der Waals surface area contributed by atoms with E-state index in [0.29, 0.717) is 18.2 Å². The molecule has 18 heavy (non-hydrogen) atoms. The largest absolute Gasteiger partial charge is 0.390 e. The van der Waals surface area contributed by atoms with Crippen molar-refractivity contribution >= 4 is 11.6 Å². The fraction of sp³-hybridized carbons (Fsp3) is 0.667. The first kappa shape index (κ1) is 13.0. The smallest absolute Gasteiger partial charge is 0.158 e. The van der Waals surface area contributed by atoms with Crippen LogP contribution in [0.15, 0.2) is 6.07 Å². The molecule has 0 bridgehead atoms. The van der Waals surface area contributed by atoms with Crippen molar-refractivity contribution < 1.29 is 9.84 Å². The average molecular weight is 252 g/mol. The number of piperidine rings is 1. The Hall–Kier alpha value is -1.40. The number of nitrogens with zero attached hydrogens (tertiary/aromatic N) is 3. The van der Waals surface area contributed by atoms with E-state index in [-0.39, 0.29) is 0 Å². The highest BCUT2D eigenvalue weighted by atomic mass is 16.5. The molecule has 0 spiro atoms. The maximum Gasteiger partial charge on any atom is 0.158 e. The van der Waals surface area contributed by atoms with Gasteiger partial charge in [0.1, 0.15) is 18.2 Å². The van der Waals surface area contributed by atoms with Gasteiger partial charge < -0.3 is 20.5 Å². The lowest BCUT2D eigenvalue weighted by Crippen LogP contribution is -2.42. The van der Waals surface area contributed by atoms with Crippen molar-refractivity contribution in [1.82, 2.24) is 9.97 Å². The highest BCUT2D eigenvalue weighted by Crippen LogP contribution is 2.25. The fourth-order valence-electron chi connectivity index (χ4n) is 2.08. The van der Waals surface area contributed by atoms with Crippen LogP contribution in [0.3, 0.4) is 0 Å². The zero-order valence-electron chi connectivity index (χ0n) is 10.9. The number of rotatable bonds is 3. The number of hydrogen-bond donors (Lipinski definition) is 2. The summed E-state index contributed by atoms with van der Waals surface area (Å²) in [4.78, 5) is 10.7. The van der Waals surface area contributed by atoms with Gasteiger partial charge in [0.15, 0.2) is 5.82 Å². The second-order valence-electron chi connectivity index (χ2n) is 4.98. The van der Waals surface area contributed by atoms with Crippen molar-refractivity contribution in [2.75, 3.05) is 30.8 Å². The van der Waals surface area contributed by atoms with Crippen LogP contribution in [0.4, 0.5) is 11.6 Å². The topological polar surface area (TPSA) is 84.5 Å². The van der Waals surface area contributed by atoms with E-state index in [9.17, 15) is 5.11 Å². The van der Waals surface area contributed by atoms with Crippen LogP contribution in [0, 0.1) is 0 Å². The Labute approximate surface area is 107 Å². The van der Waals surface area contributed by atoms with E-state index in [1.807, 2.05) is 6.92 Å². The standard InChI is InChI=1S/C12H20N4O2/c1-12(17)3-5-16(6-4-12)11-7-9(13)14-10(15-11)8-18-2/h7,17H,3-6,8H2,1-2H3,(H2,13,14,15). The van der Waals surface area contributed by atoms with Gasteiger partial charge in [-0.3, -0.25) is 0 Å². The molecular formula is C12H20N4O2. The molecule has 6 heteroatoms. The van der Waals surface area contributed by atoms with Crippen LogP contribution < -0.4 is 10.6 Å². The molecule has 2 rings (SSSR count). The summed E-state index contributed by atoms with van der Waals surface area (Å²) < 4.78 is 5.02. The molecule has 0 saturated carbocycles. The Morgan fingerprint density at radius 1 is 1.44 bits per heavy atom. The van der Waals surface area contributed by atoms with E-state index in [1.165, 1.54) is 0 Å². The molecular weight excluding hydrogens is 232 g/mol. The van der Waals surface area contributed by atoms with E-state index < -0.39 is 5.60 Å². The Kier molecular flexibility index (Phi) is 3.68. The van der Waals surface area contributed by atoms with Crippen LogP contribution >= 0.6 is 0 Å². The van der Waals surface area contributed by atoms with Gasteiger partial charge in [-0.1, -0.05) is 0 Å². The summed E-state index contributed by atoms with van der Waals surface area (Å²) in [5, 5.41) is 9.93. The molecule has 3 N–H and O–H groups in total. The SMILES string of the molecule is COCc1nc(N)cc(N2CCC(C)(O)CC2)n1. The number of aromatic nitrogens is 2. The van der Waals surface area contributed by atoms with E-state index >= 15 is 0 Å². The Morgan fingerprint density at radius 2 is 2.11 bits per heavy atom. The summed E-state index contributed by atoms with van der Waals surface area (Å²) >= 11 is 0. The van der Waals surface area contributed by atoms with Gasteiger partial charge in [-0.25, -0.2) is 9.97 Å². The van der Waals surface area contributed by atoms with Crippen molar-refractivity contribution in [2.45, 2.75) is 32.0 Å². The normalized spacial score (nSPS) is 18.9. The Bertz CT molecular complexity index is 413. The third-order valence-electron chi connectivity index (χ3n) is 3.22. The van der Waals surface area contributed by atoms with Gasteiger partial charge in [-0.05, 0) is 19.8 Å². The molecule has 6 nitrogen and oxygen atoms in total. The lowest BCUT2D eigenvalue weighted by Gasteiger charge is -2.36. The lowest BCUT2D eigenvalue weighted by atomic mass is 9.94. The average Bonchev–Trinajstić information content (AvgIpc) is 2.28. The minimum atomic E-state index is -0.565. The van der Waals surface area contributed by atoms with Gasteiger partial charge in [0.05, 0.1) is 5.60 Å². The third kappa shape index (κ3) is 3.08. The van der Waals surface area contributed by atoms with E-state index in [2.05, 4.69) is 14.9 Å². The molecule has 1 aromatic rings. The van der Waals surface area contributed by atoms with Crippen molar-refractivity contribution in [3.05, 3.63) is 11.9 Å². The molecule has 1 aliphatic heterocycles. The molecule has 1 saturated heterocycles. The van der Waals surface area contributed by atoms with Gasteiger partial charge in [0, 0.05) is 26.3 Å². The first-order valence-corrected chi connectivity index (χ1v) is 6.10. The Balaban J connectivity index is 2.13. The molecule has 0 aliphatic carbocycles. The van der Waals surface area contributed by atoms with E-state index in [4.69, 9.17) is 10.5 Å². The number of ether oxygens (including phenoxy) is 1. The highest BCUT2D eigenvalue weighted by molar-refractivity contribution is 5.47. The van der Waals surface area contributed by atoms with Crippen molar-refractivity contribution in [3.8, 4) is 0 Å². The summed E-state index contributed by atoms with van der Waals surface area (Å²) in [5.41, 5.74) is 5.20. The van der Waals surface area contributed by atoms with Crippen LogP contribution in [0.2, 0.25) is 0 Å². The zero-order valence-corrected chi connectivity index (χ0v) is 10.9. The third-order valence-corrected chi connectivity index (χ3v) is 3.22. The molecule has 100 valence electrons. The minimum Gasteiger partial charge on any atom is -0.390 e. The summed E-state index contributed by atoms with van der Waals surface area (Å²) in [5.74, 6) is 1.85. The van der Waals surface area contributed by atoms with Crippen LogP contribution in [-0.2, 0) is 11.3 Å². The first-order chi connectivity index (χ1) is 8.50. The molecule has 0 unspecified atom stereocenters. The second-order valence-corrected chi connectivity index (χ2v) is 4.98. The summed E-state index contributed by atoms with van der Waals surface area (Å²) in [7, 11) is 1.60. The number of methoxy groups -OCH3 is 1. The number of aliphatic hydroxyl groups is 1. The first-order valence-electron chi connectivity index (χ1n) is 6.10. The van der Waals surface area contributed by atoms with Crippen LogP contribution in [0.1, 0.15) is 25.6 Å². The summed E-state index contributed by atoms with van der Waals surface area (Å²) in [6.07, 6.45) is 1.47. The van der Waals surface area contributed by atoms with Gasteiger partial charge in [0.2, 0.25) is 0 Å². The fourth-order valence-corrected chi connectivity index (χ4v) is 2.08. The molecule has 0 atom stereocenters. The predicted octanol–water partition coefficient (Wildman–Crippen LogP) is 0.556. The minimum absolute atomic E-state index is 0.351. The van der Waals surface area contributed by atoms with Gasteiger partial charge >= 0.3 is 0 Å². The zero-order chi connectivity index (χ0) is 13.2. The highest BCUT2D eigenvalue weighted by Gasteiger charge is 2.28. The number of nitrogens with two attached hydrogens (primary N) is 1. The summed E-state index contributed by atoms with van der Waals surface area (Å²) in [6.45, 7) is 3.77. The van der Waals surface area contributed by atoms with Gasteiger partial charge in [-0.2, -0.15) is 0 Å². The van der Waals surface area contributed by atoms with Crippen LogP contribution in [0.5, 0.6) is 0 Å². The monoisotopic (exact) mass is 252 g/mol. The predicted molar refractivity (Wildman–Crippen MR) is 69.2 cm³/mol. The van der Waals surface area contributed by atoms with Gasteiger partial charge in [0.25, 0.3) is 0 Å². The maximum atomic E-state index is 9.93. The van der Waals surface area contributed by atoms with Gasteiger partial charge in [-0.15, -0.1) is 0 Å². The summed E-state index contributed by atoms with van der Waals surface area (Å²) in [6, 6.07) is 1.76. The van der Waals surface area contributed by atoms with Crippen molar-refractivity contribution in [3.63, 3.8) is 0 Å². The molecule has 1 aromatic heterocycles. The molecule has 0 radical (unpaired) electrons. The second kappa shape index (κ2) is 5.07. The number of nitrogen functional groups attached to an aromatic ring is 1. The van der Waals surface area contributed by atoms with Crippen molar-refractivity contribution in [1.29, 1.82) is 0 Å². The lowest BCUT2D eigenvalue weighted by molar-refractivity contribution is 0.0350. The van der Waals surface area contributed by atoms with E-state index in [0.717, 1.165) is 31.7 Å². The number of anilines is 2. The molecule has 1 fully saturated rings. The van der Waals surface area contributed by atoms with E-state index in [1.54, 1.807) is 13.2 Å². The molecule has 0 amide bonds. The molecule has 0 aromatic carbocycles. The maximum absolute atomic E-state index is 9.93. The Morgan fingerprint density at radius 3 is 2.72 bits per heavy atom.